The second-order valence-electron chi connectivity index (χ2n) is 5.70. The summed E-state index contributed by atoms with van der Waals surface area (Å²) < 4.78 is 5.55. The molecule has 2 aromatic carbocycles. The van der Waals surface area contributed by atoms with Gasteiger partial charge < -0.3 is 21.1 Å². The summed E-state index contributed by atoms with van der Waals surface area (Å²) in [6.45, 7) is 3.80. The number of carbonyl (C=O) groups is 1. The van der Waals surface area contributed by atoms with Crippen molar-refractivity contribution in [2.45, 2.75) is 32.7 Å². The summed E-state index contributed by atoms with van der Waals surface area (Å²) in [6.07, 6.45) is -0.442. The Kier molecular flexibility index (Phi) is 4.60. The summed E-state index contributed by atoms with van der Waals surface area (Å²) in [5, 5.41) is 6.26. The number of benzene rings is 2. The molecule has 1 heterocycles. The van der Waals surface area contributed by atoms with Gasteiger partial charge in [0.15, 0.2) is 6.10 Å². The first kappa shape index (κ1) is 15.5. The number of hydrogen-bond donors (Lipinski definition) is 3. The molecule has 120 valence electrons. The molecule has 0 bridgehead atoms. The lowest BCUT2D eigenvalue weighted by molar-refractivity contribution is -0.122. The molecule has 5 nitrogen and oxygen atoms in total. The van der Waals surface area contributed by atoms with Gasteiger partial charge >= 0.3 is 0 Å². The molecule has 0 radical (unpaired) electrons. The largest absolute Gasteiger partial charge is 0.479 e. The van der Waals surface area contributed by atoms with Crippen molar-refractivity contribution in [1.29, 1.82) is 0 Å². The van der Waals surface area contributed by atoms with Crippen LogP contribution in [-0.2, 0) is 24.4 Å². The summed E-state index contributed by atoms with van der Waals surface area (Å²) in [5.41, 5.74) is 9.77. The molecule has 23 heavy (non-hydrogen) atoms. The average molecular weight is 311 g/mol. The van der Waals surface area contributed by atoms with Crippen molar-refractivity contribution >= 4 is 11.6 Å². The molecule has 0 aromatic heterocycles. The van der Waals surface area contributed by atoms with E-state index in [1.54, 1.807) is 6.92 Å². The first-order chi connectivity index (χ1) is 11.2. The fourth-order valence-electron chi connectivity index (χ4n) is 2.51. The number of anilines is 1. The van der Waals surface area contributed by atoms with Crippen molar-refractivity contribution in [2.75, 3.05) is 5.32 Å². The number of amides is 1. The molecule has 0 saturated carbocycles. The molecular formula is C18H21N3O2. The van der Waals surface area contributed by atoms with Crippen LogP contribution in [0, 0.1) is 0 Å². The van der Waals surface area contributed by atoms with Gasteiger partial charge in [-0.25, -0.2) is 0 Å². The van der Waals surface area contributed by atoms with Crippen LogP contribution in [-0.4, -0.2) is 12.0 Å². The predicted molar refractivity (Wildman–Crippen MR) is 90.0 cm³/mol. The first-order valence-corrected chi connectivity index (χ1v) is 7.75. The lowest BCUT2D eigenvalue weighted by Crippen LogP contribution is -2.34. The van der Waals surface area contributed by atoms with Crippen LogP contribution in [0.2, 0.25) is 0 Å². The zero-order valence-electron chi connectivity index (χ0n) is 13.1. The molecule has 0 fully saturated rings. The topological polar surface area (TPSA) is 76.4 Å². The van der Waals surface area contributed by atoms with E-state index in [1.165, 1.54) is 5.56 Å². The minimum absolute atomic E-state index is 0.109. The summed E-state index contributed by atoms with van der Waals surface area (Å²) in [4.78, 5) is 11.7. The SMILES string of the molecule is CC1Oc2ccc(CNCc3ccc(CN)cc3)cc2NC1=O. The van der Waals surface area contributed by atoms with Gasteiger partial charge in [0.05, 0.1) is 5.69 Å². The van der Waals surface area contributed by atoms with Gasteiger partial charge in [-0.05, 0) is 35.7 Å². The smallest absolute Gasteiger partial charge is 0.265 e. The molecule has 5 heteroatoms. The Balaban J connectivity index is 1.58. The van der Waals surface area contributed by atoms with Crippen LogP contribution in [0.4, 0.5) is 5.69 Å². The van der Waals surface area contributed by atoms with Crippen LogP contribution in [0.15, 0.2) is 42.5 Å². The van der Waals surface area contributed by atoms with Gasteiger partial charge in [-0.15, -0.1) is 0 Å². The molecule has 3 rings (SSSR count). The summed E-state index contributed by atoms with van der Waals surface area (Å²) in [7, 11) is 0. The van der Waals surface area contributed by atoms with E-state index in [0.717, 1.165) is 35.7 Å². The van der Waals surface area contributed by atoms with E-state index in [0.29, 0.717) is 6.54 Å². The lowest BCUT2D eigenvalue weighted by Gasteiger charge is -2.23. The van der Waals surface area contributed by atoms with E-state index in [2.05, 4.69) is 22.8 Å². The van der Waals surface area contributed by atoms with Crippen LogP contribution < -0.4 is 21.1 Å². The van der Waals surface area contributed by atoms with Crippen molar-refractivity contribution in [2.24, 2.45) is 5.73 Å². The Hall–Kier alpha value is -2.37. The Morgan fingerprint density at radius 2 is 1.74 bits per heavy atom. The summed E-state index contributed by atoms with van der Waals surface area (Å²) in [5.74, 6) is 0.612. The van der Waals surface area contributed by atoms with Crippen LogP contribution in [0.3, 0.4) is 0 Å². The zero-order valence-corrected chi connectivity index (χ0v) is 13.1. The highest BCUT2D eigenvalue weighted by atomic mass is 16.5. The molecule has 1 aliphatic heterocycles. The third-order valence-corrected chi connectivity index (χ3v) is 3.89. The molecule has 0 aliphatic carbocycles. The minimum atomic E-state index is -0.442. The fourth-order valence-corrected chi connectivity index (χ4v) is 2.51. The van der Waals surface area contributed by atoms with Crippen molar-refractivity contribution in [1.82, 2.24) is 5.32 Å². The first-order valence-electron chi connectivity index (χ1n) is 7.75. The third-order valence-electron chi connectivity index (χ3n) is 3.89. The van der Waals surface area contributed by atoms with E-state index in [9.17, 15) is 4.79 Å². The van der Waals surface area contributed by atoms with Crippen LogP contribution in [0.5, 0.6) is 5.75 Å². The second-order valence-corrected chi connectivity index (χ2v) is 5.70. The maximum absolute atomic E-state index is 11.7. The molecule has 1 unspecified atom stereocenters. The Labute approximate surface area is 135 Å². The van der Waals surface area contributed by atoms with Gasteiger partial charge in [-0.2, -0.15) is 0 Å². The van der Waals surface area contributed by atoms with Crippen molar-refractivity contribution in [3.63, 3.8) is 0 Å². The van der Waals surface area contributed by atoms with Gasteiger partial charge in [-0.1, -0.05) is 30.3 Å². The van der Waals surface area contributed by atoms with E-state index >= 15 is 0 Å². The highest BCUT2D eigenvalue weighted by Gasteiger charge is 2.23. The quantitative estimate of drug-likeness (QED) is 0.791. The maximum atomic E-state index is 11.7. The minimum Gasteiger partial charge on any atom is -0.479 e. The number of nitrogens with two attached hydrogens (primary N) is 1. The number of hydrogen-bond acceptors (Lipinski definition) is 4. The molecule has 1 aliphatic rings. The molecule has 2 aromatic rings. The van der Waals surface area contributed by atoms with Gasteiger partial charge in [-0.3, -0.25) is 4.79 Å². The van der Waals surface area contributed by atoms with E-state index in [1.807, 2.05) is 30.3 Å². The summed E-state index contributed by atoms with van der Waals surface area (Å²) >= 11 is 0. The van der Waals surface area contributed by atoms with Crippen LogP contribution in [0.25, 0.3) is 0 Å². The van der Waals surface area contributed by atoms with Gasteiger partial charge in [0.25, 0.3) is 5.91 Å². The van der Waals surface area contributed by atoms with Gasteiger partial charge in [0, 0.05) is 19.6 Å². The molecule has 4 N–H and O–H groups in total. The molecular weight excluding hydrogens is 290 g/mol. The Morgan fingerprint density at radius 1 is 1.09 bits per heavy atom. The Bertz CT molecular complexity index is 698. The van der Waals surface area contributed by atoms with Crippen molar-refractivity contribution < 1.29 is 9.53 Å². The third kappa shape index (κ3) is 3.70. The number of carbonyl (C=O) groups excluding carboxylic acids is 1. The highest BCUT2D eigenvalue weighted by Crippen LogP contribution is 2.30. The van der Waals surface area contributed by atoms with Crippen molar-refractivity contribution in [3.8, 4) is 5.75 Å². The number of ether oxygens (including phenoxy) is 1. The monoisotopic (exact) mass is 311 g/mol. The molecule has 0 saturated heterocycles. The van der Waals surface area contributed by atoms with E-state index in [4.69, 9.17) is 10.5 Å². The maximum Gasteiger partial charge on any atom is 0.265 e. The standard InChI is InChI=1S/C18H21N3O2/c1-12-18(22)21-16-8-15(6-7-17(16)23-12)11-20-10-14-4-2-13(9-19)3-5-14/h2-8,12,20H,9-11,19H2,1H3,(H,21,22). The number of rotatable bonds is 5. The lowest BCUT2D eigenvalue weighted by atomic mass is 10.1. The fraction of sp³-hybridized carbons (Fsp3) is 0.278. The Morgan fingerprint density at radius 3 is 2.48 bits per heavy atom. The average Bonchev–Trinajstić information content (AvgIpc) is 2.57. The van der Waals surface area contributed by atoms with E-state index < -0.39 is 6.10 Å². The van der Waals surface area contributed by atoms with Crippen LogP contribution in [0.1, 0.15) is 23.6 Å². The van der Waals surface area contributed by atoms with Crippen LogP contribution >= 0.6 is 0 Å². The predicted octanol–water partition coefficient (Wildman–Crippen LogP) is 2.15. The van der Waals surface area contributed by atoms with E-state index in [-0.39, 0.29) is 5.91 Å². The molecule has 1 atom stereocenters. The summed E-state index contributed by atoms with van der Waals surface area (Å²) in [6, 6.07) is 14.1. The number of fused-ring (bicyclic) bond motifs is 1. The molecule has 0 spiro atoms. The van der Waals surface area contributed by atoms with Crippen molar-refractivity contribution in [3.05, 3.63) is 59.2 Å². The normalized spacial score (nSPS) is 16.4. The second kappa shape index (κ2) is 6.81. The molecule has 1 amide bonds. The zero-order chi connectivity index (χ0) is 16.2. The highest BCUT2D eigenvalue weighted by molar-refractivity contribution is 5.97. The van der Waals surface area contributed by atoms with Gasteiger partial charge in [0.1, 0.15) is 5.75 Å². The van der Waals surface area contributed by atoms with Gasteiger partial charge in [0.2, 0.25) is 0 Å². The number of nitrogens with one attached hydrogen (secondary N) is 2.